The Hall–Kier alpha value is 0.410. The number of alkyl halides is 9. The Kier molecular flexibility index (Phi) is 5.51. The van der Waals surface area contributed by atoms with Crippen molar-refractivity contribution in [2.45, 2.75) is 35.3 Å². The van der Waals surface area contributed by atoms with Crippen molar-refractivity contribution < 1.29 is 31.1 Å². The van der Waals surface area contributed by atoms with Gasteiger partial charge in [-0.2, -0.15) is 26.3 Å². The zero-order valence-corrected chi connectivity index (χ0v) is 9.57. The van der Waals surface area contributed by atoms with Crippen molar-refractivity contribution in [3.8, 4) is 0 Å². The lowest BCUT2D eigenvalue weighted by atomic mass is 10.4. The van der Waals surface area contributed by atoms with Gasteiger partial charge in [0.2, 0.25) is 4.52 Å². The average molecular weight is 313 g/mol. The molecule has 10 heteroatoms. The van der Waals surface area contributed by atoms with E-state index in [0.29, 0.717) is 0 Å². The summed E-state index contributed by atoms with van der Waals surface area (Å²) in [7, 11) is 0. The maximum Gasteiger partial charge on any atom is 0.394 e. The van der Waals surface area contributed by atoms with Crippen molar-refractivity contribution in [2.75, 3.05) is 0 Å². The Bertz CT molecular complexity index is 225. The van der Waals surface area contributed by atoms with Crippen molar-refractivity contribution in [2.24, 2.45) is 0 Å². The van der Waals surface area contributed by atoms with E-state index in [0.717, 1.165) is 0 Å². The van der Waals surface area contributed by atoms with E-state index in [1.807, 2.05) is 0 Å². The van der Waals surface area contributed by atoms with E-state index in [9.17, 15) is 26.3 Å². The second-order valence-electron chi connectivity index (χ2n) is 2.78. The highest BCUT2D eigenvalue weighted by molar-refractivity contribution is 6.47. The number of halogens is 9. The lowest BCUT2D eigenvalue weighted by Crippen LogP contribution is -2.31. The molecule has 1 atom stereocenters. The van der Waals surface area contributed by atoms with E-state index in [1.54, 1.807) is 0 Å². The maximum absolute atomic E-state index is 11.8. The predicted octanol–water partition coefficient (Wildman–Crippen LogP) is 4.60. The first kappa shape index (κ1) is 16.4. The molecule has 0 aromatic rings. The predicted molar refractivity (Wildman–Crippen MR) is 46.5 cm³/mol. The van der Waals surface area contributed by atoms with Gasteiger partial charge in [0.15, 0.2) is 0 Å². The molecule has 0 aliphatic carbocycles. The molecule has 0 aromatic carbocycles. The lowest BCUT2D eigenvalue weighted by Gasteiger charge is -2.24. The van der Waals surface area contributed by atoms with E-state index < -0.39 is 35.3 Å². The highest BCUT2D eigenvalue weighted by atomic mass is 35.5. The zero-order chi connectivity index (χ0) is 13.2. The first-order chi connectivity index (χ1) is 6.81. The van der Waals surface area contributed by atoms with Crippen LogP contribution in [0.4, 0.5) is 26.3 Å². The van der Waals surface area contributed by atoms with E-state index in [1.165, 1.54) is 0 Å². The SMILES string of the molecule is FC(F)(F)CC(Cl)OC(Cl)(Cl)CC(F)(F)F. The molecule has 0 rings (SSSR count). The van der Waals surface area contributed by atoms with Gasteiger partial charge < -0.3 is 4.74 Å². The standard InChI is InChI=1S/C6H5Cl3F6O/c7-3(1-5(10,11)12)16-4(8,9)2-6(13,14)15/h3H,1-2H2. The lowest BCUT2D eigenvalue weighted by molar-refractivity contribution is -0.174. The second-order valence-corrected chi connectivity index (χ2v) is 4.68. The summed E-state index contributed by atoms with van der Waals surface area (Å²) < 4.78 is 71.9. The van der Waals surface area contributed by atoms with Gasteiger partial charge in [-0.1, -0.05) is 34.8 Å². The molecule has 1 nitrogen and oxygen atoms in total. The molecule has 98 valence electrons. The first-order valence-corrected chi connectivity index (χ1v) is 4.83. The number of rotatable bonds is 4. The van der Waals surface area contributed by atoms with E-state index >= 15 is 0 Å². The fourth-order valence-electron chi connectivity index (χ4n) is 0.686. The number of hydrogen-bond donors (Lipinski definition) is 0. The normalized spacial score (nSPS) is 16.3. The molecule has 0 saturated carbocycles. The molecule has 0 N–H and O–H groups in total. The summed E-state index contributed by atoms with van der Waals surface area (Å²) in [4.78, 5) is 0. The number of ether oxygens (including phenoxy) is 1. The molecule has 0 fully saturated rings. The van der Waals surface area contributed by atoms with Crippen LogP contribution in [0.25, 0.3) is 0 Å². The first-order valence-electron chi connectivity index (χ1n) is 3.64. The quantitative estimate of drug-likeness (QED) is 0.544. The third kappa shape index (κ3) is 9.62. The van der Waals surface area contributed by atoms with Crippen molar-refractivity contribution in [1.82, 2.24) is 0 Å². The zero-order valence-electron chi connectivity index (χ0n) is 7.30. The van der Waals surface area contributed by atoms with Gasteiger partial charge in [-0.3, -0.25) is 0 Å². The van der Waals surface area contributed by atoms with Gasteiger partial charge in [0.1, 0.15) is 12.0 Å². The molecule has 0 bridgehead atoms. The van der Waals surface area contributed by atoms with Crippen LogP contribution in [0.3, 0.4) is 0 Å². The molecule has 0 radical (unpaired) electrons. The van der Waals surface area contributed by atoms with Crippen LogP contribution in [0.15, 0.2) is 0 Å². The van der Waals surface area contributed by atoms with Crippen LogP contribution >= 0.6 is 34.8 Å². The molecule has 0 heterocycles. The Labute approximate surface area is 102 Å². The van der Waals surface area contributed by atoms with Crippen LogP contribution < -0.4 is 0 Å². The van der Waals surface area contributed by atoms with Crippen molar-refractivity contribution >= 4 is 34.8 Å². The van der Waals surface area contributed by atoms with Gasteiger partial charge in [0.25, 0.3) is 0 Å². The highest BCUT2D eigenvalue weighted by Crippen LogP contribution is 2.39. The average Bonchev–Trinajstić information content (AvgIpc) is 1.70. The molecule has 0 spiro atoms. The largest absolute Gasteiger partial charge is 0.394 e. The third-order valence-corrected chi connectivity index (χ3v) is 1.79. The van der Waals surface area contributed by atoms with Crippen LogP contribution in [-0.2, 0) is 4.74 Å². The van der Waals surface area contributed by atoms with E-state index in [-0.39, 0.29) is 0 Å². The number of hydrogen-bond acceptors (Lipinski definition) is 1. The molecule has 0 amide bonds. The molecule has 0 saturated heterocycles. The molecule has 0 aliphatic rings. The van der Waals surface area contributed by atoms with Gasteiger partial charge in [-0.15, -0.1) is 0 Å². The van der Waals surface area contributed by atoms with E-state index in [2.05, 4.69) is 4.74 Å². The van der Waals surface area contributed by atoms with Crippen LogP contribution in [0.2, 0.25) is 0 Å². The molecular weight excluding hydrogens is 308 g/mol. The van der Waals surface area contributed by atoms with Gasteiger partial charge in [0.05, 0.1) is 6.42 Å². The van der Waals surface area contributed by atoms with Crippen molar-refractivity contribution in [3.63, 3.8) is 0 Å². The highest BCUT2D eigenvalue weighted by Gasteiger charge is 2.44. The fraction of sp³-hybridized carbons (Fsp3) is 1.00. The Morgan fingerprint density at radius 2 is 1.38 bits per heavy atom. The summed E-state index contributed by atoms with van der Waals surface area (Å²) in [5, 5.41) is 0. The molecule has 0 aliphatic heterocycles. The van der Waals surface area contributed by atoms with Crippen LogP contribution in [0.1, 0.15) is 12.8 Å². The third-order valence-electron chi connectivity index (χ3n) is 1.10. The van der Waals surface area contributed by atoms with Crippen LogP contribution in [0.5, 0.6) is 0 Å². The van der Waals surface area contributed by atoms with Crippen LogP contribution in [0, 0.1) is 0 Å². The fourth-order valence-corrected chi connectivity index (χ4v) is 1.62. The van der Waals surface area contributed by atoms with Crippen LogP contribution in [-0.4, -0.2) is 22.4 Å². The monoisotopic (exact) mass is 312 g/mol. The summed E-state index contributed by atoms with van der Waals surface area (Å²) in [5.74, 6) is 0. The van der Waals surface area contributed by atoms with Gasteiger partial charge in [0, 0.05) is 0 Å². The molecule has 16 heavy (non-hydrogen) atoms. The molecular formula is C6H5Cl3F6O. The molecule has 1 unspecified atom stereocenters. The minimum absolute atomic E-state index is 1.66. The van der Waals surface area contributed by atoms with Gasteiger partial charge >= 0.3 is 12.4 Å². The van der Waals surface area contributed by atoms with Gasteiger partial charge in [-0.05, 0) is 0 Å². The summed E-state index contributed by atoms with van der Waals surface area (Å²) in [6.45, 7) is 0. The van der Waals surface area contributed by atoms with Crippen molar-refractivity contribution in [3.05, 3.63) is 0 Å². The van der Waals surface area contributed by atoms with Crippen molar-refractivity contribution in [1.29, 1.82) is 0 Å². The summed E-state index contributed by atoms with van der Waals surface area (Å²) in [6, 6.07) is 0. The Balaban J connectivity index is 4.26. The topological polar surface area (TPSA) is 9.23 Å². The minimum atomic E-state index is -4.78. The Morgan fingerprint density at radius 3 is 1.69 bits per heavy atom. The maximum atomic E-state index is 11.8. The van der Waals surface area contributed by atoms with E-state index in [4.69, 9.17) is 34.8 Å². The summed E-state index contributed by atoms with van der Waals surface area (Å²) in [5.41, 5.74) is -2.09. The Morgan fingerprint density at radius 1 is 0.938 bits per heavy atom. The summed E-state index contributed by atoms with van der Waals surface area (Å²) in [6.07, 6.45) is -13.0. The minimum Gasteiger partial charge on any atom is -0.326 e. The summed E-state index contributed by atoms with van der Waals surface area (Å²) >= 11 is 15.0. The van der Waals surface area contributed by atoms with Gasteiger partial charge in [-0.25, -0.2) is 0 Å². The molecule has 0 aromatic heterocycles. The smallest absolute Gasteiger partial charge is 0.326 e. The second kappa shape index (κ2) is 5.37.